The van der Waals surface area contributed by atoms with Crippen LogP contribution in [-0.2, 0) is 4.74 Å². The van der Waals surface area contributed by atoms with Crippen LogP contribution in [-0.4, -0.2) is 56.0 Å². The highest BCUT2D eigenvalue weighted by Crippen LogP contribution is 2.29. The summed E-state index contributed by atoms with van der Waals surface area (Å²) in [6.45, 7) is 6.34. The van der Waals surface area contributed by atoms with E-state index in [1.54, 1.807) is 0 Å². The minimum absolute atomic E-state index is 0.262. The van der Waals surface area contributed by atoms with Gasteiger partial charge >= 0.3 is 0 Å². The SMILES string of the molecule is C1COCCN(C23CNC(CN2)C3)C1. The van der Waals surface area contributed by atoms with Gasteiger partial charge in [0.05, 0.1) is 12.3 Å². The molecule has 2 atom stereocenters. The van der Waals surface area contributed by atoms with Crippen molar-refractivity contribution in [2.45, 2.75) is 24.5 Å². The summed E-state index contributed by atoms with van der Waals surface area (Å²) in [5.74, 6) is 0. The number of fused-ring (bicyclic) bond motifs is 2. The molecule has 2 N–H and O–H groups in total. The van der Waals surface area contributed by atoms with Crippen molar-refractivity contribution in [3.05, 3.63) is 0 Å². The van der Waals surface area contributed by atoms with Crippen LogP contribution in [0.15, 0.2) is 0 Å². The Balaban J connectivity index is 1.73. The Morgan fingerprint density at radius 3 is 3.00 bits per heavy atom. The second-order valence-electron chi connectivity index (χ2n) is 4.65. The molecule has 3 saturated heterocycles. The third-order valence-corrected chi connectivity index (χ3v) is 3.77. The number of nitrogens with zero attached hydrogens (tertiary/aromatic N) is 1. The van der Waals surface area contributed by atoms with E-state index in [1.165, 1.54) is 19.4 Å². The van der Waals surface area contributed by atoms with E-state index in [0.29, 0.717) is 6.04 Å². The summed E-state index contributed by atoms with van der Waals surface area (Å²) in [6.07, 6.45) is 2.45. The zero-order valence-electron chi connectivity index (χ0n) is 8.59. The van der Waals surface area contributed by atoms with Gasteiger partial charge in [0.2, 0.25) is 0 Å². The molecule has 80 valence electrons. The van der Waals surface area contributed by atoms with Crippen LogP contribution < -0.4 is 10.6 Å². The van der Waals surface area contributed by atoms with E-state index in [9.17, 15) is 0 Å². The molecule has 3 fully saturated rings. The number of hydrogen-bond donors (Lipinski definition) is 2. The summed E-state index contributed by atoms with van der Waals surface area (Å²) in [6, 6.07) is 0.708. The highest BCUT2D eigenvalue weighted by atomic mass is 16.5. The lowest BCUT2D eigenvalue weighted by Gasteiger charge is -2.39. The fourth-order valence-corrected chi connectivity index (χ4v) is 2.98. The molecule has 0 aliphatic carbocycles. The Hall–Kier alpha value is -0.160. The van der Waals surface area contributed by atoms with Crippen LogP contribution >= 0.6 is 0 Å². The second-order valence-corrected chi connectivity index (χ2v) is 4.65. The number of nitrogens with one attached hydrogen (secondary N) is 2. The van der Waals surface area contributed by atoms with Gasteiger partial charge in [0.25, 0.3) is 0 Å². The van der Waals surface area contributed by atoms with Crippen molar-refractivity contribution in [1.82, 2.24) is 15.5 Å². The van der Waals surface area contributed by atoms with Crippen molar-refractivity contribution in [3.8, 4) is 0 Å². The van der Waals surface area contributed by atoms with E-state index >= 15 is 0 Å². The highest BCUT2D eigenvalue weighted by Gasteiger charge is 2.48. The summed E-state index contributed by atoms with van der Waals surface area (Å²) in [5, 5.41) is 7.24. The molecule has 3 rings (SSSR count). The lowest BCUT2D eigenvalue weighted by molar-refractivity contribution is 0.0746. The highest BCUT2D eigenvalue weighted by molar-refractivity contribution is 5.07. The van der Waals surface area contributed by atoms with Crippen molar-refractivity contribution in [3.63, 3.8) is 0 Å². The summed E-state index contributed by atoms with van der Waals surface area (Å²) in [5.41, 5.74) is 0.262. The van der Waals surface area contributed by atoms with Crippen molar-refractivity contribution >= 4 is 0 Å². The van der Waals surface area contributed by atoms with Crippen LogP contribution in [0.2, 0.25) is 0 Å². The number of rotatable bonds is 1. The lowest BCUT2D eigenvalue weighted by atomic mass is 10.1. The molecule has 4 nitrogen and oxygen atoms in total. The fraction of sp³-hybridized carbons (Fsp3) is 1.00. The maximum Gasteiger partial charge on any atom is 0.0857 e. The van der Waals surface area contributed by atoms with E-state index in [-0.39, 0.29) is 5.66 Å². The molecule has 0 spiro atoms. The second kappa shape index (κ2) is 3.45. The molecule has 0 saturated carbocycles. The molecular weight excluding hydrogens is 178 g/mol. The first-order valence-corrected chi connectivity index (χ1v) is 5.70. The number of ether oxygens (including phenoxy) is 1. The zero-order valence-corrected chi connectivity index (χ0v) is 8.59. The topological polar surface area (TPSA) is 36.5 Å². The number of hydrogen-bond acceptors (Lipinski definition) is 4. The molecule has 0 aromatic rings. The molecule has 3 aliphatic rings. The van der Waals surface area contributed by atoms with E-state index < -0.39 is 0 Å². The summed E-state index contributed by atoms with van der Waals surface area (Å²) < 4.78 is 5.50. The van der Waals surface area contributed by atoms with Crippen molar-refractivity contribution in [2.75, 3.05) is 39.4 Å². The van der Waals surface area contributed by atoms with Gasteiger partial charge in [-0.2, -0.15) is 0 Å². The Kier molecular flexibility index (Phi) is 2.24. The molecule has 4 heteroatoms. The van der Waals surface area contributed by atoms with Crippen LogP contribution in [0.25, 0.3) is 0 Å². The normalized spacial score (nSPS) is 44.1. The lowest BCUT2D eigenvalue weighted by Crippen LogP contribution is -2.61. The molecule has 2 bridgehead atoms. The van der Waals surface area contributed by atoms with Crippen molar-refractivity contribution in [2.24, 2.45) is 0 Å². The predicted molar refractivity (Wildman–Crippen MR) is 54.2 cm³/mol. The van der Waals surface area contributed by atoms with E-state index in [1.807, 2.05) is 0 Å². The Morgan fingerprint density at radius 2 is 2.29 bits per heavy atom. The van der Waals surface area contributed by atoms with E-state index in [0.717, 1.165) is 32.8 Å². The Morgan fingerprint density at radius 1 is 1.29 bits per heavy atom. The van der Waals surface area contributed by atoms with Gasteiger partial charge in [-0.25, -0.2) is 0 Å². The van der Waals surface area contributed by atoms with Gasteiger partial charge in [-0.15, -0.1) is 0 Å². The van der Waals surface area contributed by atoms with Gasteiger partial charge in [0.15, 0.2) is 0 Å². The monoisotopic (exact) mass is 197 g/mol. The Labute approximate surface area is 85.0 Å². The first-order chi connectivity index (χ1) is 6.89. The molecule has 0 aromatic carbocycles. The zero-order chi connectivity index (χ0) is 9.43. The molecule has 3 heterocycles. The van der Waals surface area contributed by atoms with Crippen LogP contribution in [0, 0.1) is 0 Å². The van der Waals surface area contributed by atoms with Crippen molar-refractivity contribution in [1.29, 1.82) is 0 Å². The maximum atomic E-state index is 5.50. The van der Waals surface area contributed by atoms with Gasteiger partial charge in [-0.05, 0) is 12.8 Å². The number of piperazine rings is 1. The van der Waals surface area contributed by atoms with Crippen LogP contribution in [0.5, 0.6) is 0 Å². The van der Waals surface area contributed by atoms with Crippen LogP contribution in [0.4, 0.5) is 0 Å². The maximum absolute atomic E-state index is 5.50. The van der Waals surface area contributed by atoms with Gasteiger partial charge in [-0.1, -0.05) is 0 Å². The molecule has 0 radical (unpaired) electrons. The van der Waals surface area contributed by atoms with Crippen LogP contribution in [0.1, 0.15) is 12.8 Å². The van der Waals surface area contributed by atoms with Gasteiger partial charge in [0.1, 0.15) is 0 Å². The van der Waals surface area contributed by atoms with Crippen LogP contribution in [0.3, 0.4) is 0 Å². The van der Waals surface area contributed by atoms with Gasteiger partial charge in [0, 0.05) is 38.8 Å². The summed E-state index contributed by atoms with van der Waals surface area (Å²) >= 11 is 0. The molecular formula is C10H19N3O. The molecule has 14 heavy (non-hydrogen) atoms. The first-order valence-electron chi connectivity index (χ1n) is 5.70. The molecule has 3 aliphatic heterocycles. The third-order valence-electron chi connectivity index (χ3n) is 3.77. The van der Waals surface area contributed by atoms with E-state index in [4.69, 9.17) is 4.74 Å². The van der Waals surface area contributed by atoms with Crippen molar-refractivity contribution < 1.29 is 4.74 Å². The standard InChI is InChI=1S/C10H19N3O/c1-2-13(3-5-14-4-1)10-6-9(7-12-10)11-8-10/h9,11-12H,1-8H2. The smallest absolute Gasteiger partial charge is 0.0857 e. The fourth-order valence-electron chi connectivity index (χ4n) is 2.98. The molecule has 2 unspecified atom stereocenters. The van der Waals surface area contributed by atoms with E-state index in [2.05, 4.69) is 15.5 Å². The summed E-state index contributed by atoms with van der Waals surface area (Å²) in [4.78, 5) is 2.58. The first kappa shape index (κ1) is 9.09. The Bertz CT molecular complexity index is 205. The minimum Gasteiger partial charge on any atom is -0.380 e. The van der Waals surface area contributed by atoms with Gasteiger partial charge in [-0.3, -0.25) is 10.2 Å². The largest absolute Gasteiger partial charge is 0.380 e. The molecule has 0 aromatic heterocycles. The average molecular weight is 197 g/mol. The molecule has 0 amide bonds. The minimum atomic E-state index is 0.262. The average Bonchev–Trinajstić information content (AvgIpc) is 2.70. The summed E-state index contributed by atoms with van der Waals surface area (Å²) in [7, 11) is 0. The third kappa shape index (κ3) is 1.37. The van der Waals surface area contributed by atoms with Gasteiger partial charge < -0.3 is 10.1 Å². The quantitative estimate of drug-likeness (QED) is 0.587. The predicted octanol–water partition coefficient (Wildman–Crippen LogP) is -0.630.